The number of carbonyl (C=O) groups is 4. The molecule has 0 aromatic heterocycles. The highest BCUT2D eigenvalue weighted by molar-refractivity contribution is 8.03. The van der Waals surface area contributed by atoms with E-state index in [9.17, 15) is 29.4 Å². The highest BCUT2D eigenvalue weighted by Gasteiger charge is 2.60. The van der Waals surface area contributed by atoms with Gasteiger partial charge in [0.25, 0.3) is 0 Å². The van der Waals surface area contributed by atoms with Gasteiger partial charge in [-0.25, -0.2) is 4.79 Å². The summed E-state index contributed by atoms with van der Waals surface area (Å²) in [6.07, 6.45) is 3.08. The molecule has 0 bridgehead atoms. The first-order chi connectivity index (χ1) is 14.7. The van der Waals surface area contributed by atoms with Crippen LogP contribution >= 0.6 is 11.8 Å². The molecule has 3 heterocycles. The van der Waals surface area contributed by atoms with Crippen LogP contribution < -0.4 is 10.6 Å². The number of aliphatic carboxylic acids is 1. The number of hydrogen-bond acceptors (Lipinski definition) is 7. The van der Waals surface area contributed by atoms with Gasteiger partial charge in [-0.3, -0.25) is 14.4 Å². The molecule has 0 unspecified atom stereocenters. The Labute approximate surface area is 184 Å². The summed E-state index contributed by atoms with van der Waals surface area (Å²) in [6, 6.07) is -0.768. The molecule has 2 saturated heterocycles. The number of hydrogen-bond donors (Lipinski definition) is 4. The van der Waals surface area contributed by atoms with E-state index in [2.05, 4.69) is 10.6 Å². The number of nitrogens with one attached hydrogen (secondary N) is 2. The van der Waals surface area contributed by atoms with Crippen molar-refractivity contribution in [1.29, 1.82) is 0 Å². The van der Waals surface area contributed by atoms with Crippen molar-refractivity contribution in [3.63, 3.8) is 0 Å². The molecule has 4 rings (SSSR count). The molecule has 3 aliphatic heterocycles. The number of amides is 2. The van der Waals surface area contributed by atoms with Crippen LogP contribution in [0.4, 0.5) is 0 Å². The van der Waals surface area contributed by atoms with Crippen LogP contribution in [0.3, 0.4) is 0 Å². The van der Waals surface area contributed by atoms with Crippen molar-refractivity contribution >= 4 is 35.3 Å². The molecule has 1 aliphatic carbocycles. The molecule has 0 radical (unpaired) electrons. The van der Waals surface area contributed by atoms with Crippen molar-refractivity contribution < 1.29 is 29.4 Å². The second kappa shape index (κ2) is 8.40. The van der Waals surface area contributed by atoms with E-state index < -0.39 is 24.0 Å². The number of carbonyl (C=O) groups excluding carboxylic acids is 3. The maximum Gasteiger partial charge on any atom is 0.353 e. The first-order valence-electron chi connectivity index (χ1n) is 10.6. The van der Waals surface area contributed by atoms with Gasteiger partial charge in [0.15, 0.2) is 5.78 Å². The second-order valence-electron chi connectivity index (χ2n) is 8.69. The van der Waals surface area contributed by atoms with E-state index in [0.717, 1.165) is 6.42 Å². The zero-order valence-electron chi connectivity index (χ0n) is 17.5. The summed E-state index contributed by atoms with van der Waals surface area (Å²) in [4.78, 5) is 50.4. The van der Waals surface area contributed by atoms with E-state index >= 15 is 0 Å². The highest BCUT2D eigenvalue weighted by Crippen LogP contribution is 2.51. The predicted octanol–water partition coefficient (Wildman–Crippen LogP) is 0.357. The van der Waals surface area contributed by atoms with Gasteiger partial charge < -0.3 is 25.7 Å². The second-order valence-corrected chi connectivity index (χ2v) is 10.0. The van der Waals surface area contributed by atoms with Crippen molar-refractivity contribution in [2.75, 3.05) is 6.54 Å². The minimum Gasteiger partial charge on any atom is -0.477 e. The van der Waals surface area contributed by atoms with Crippen LogP contribution in [-0.2, 0) is 19.2 Å². The Morgan fingerprint density at radius 1 is 1.32 bits per heavy atom. The summed E-state index contributed by atoms with van der Waals surface area (Å²) in [6.45, 7) is 3.97. The van der Waals surface area contributed by atoms with Crippen molar-refractivity contribution in [3.8, 4) is 0 Å². The van der Waals surface area contributed by atoms with Crippen molar-refractivity contribution in [2.45, 2.75) is 63.0 Å². The fourth-order valence-electron chi connectivity index (χ4n) is 4.99. The smallest absolute Gasteiger partial charge is 0.353 e. The van der Waals surface area contributed by atoms with Gasteiger partial charge in [0.05, 0.1) is 24.1 Å². The molecule has 4 N–H and O–H groups in total. The Morgan fingerprint density at radius 2 is 2.06 bits per heavy atom. The molecule has 0 aromatic rings. The lowest BCUT2D eigenvalue weighted by atomic mass is 9.79. The van der Waals surface area contributed by atoms with Crippen LogP contribution in [-0.4, -0.2) is 68.7 Å². The van der Waals surface area contributed by atoms with Crippen LogP contribution in [0.5, 0.6) is 0 Å². The quantitative estimate of drug-likeness (QED) is 0.427. The minimum atomic E-state index is -1.15. The number of thioether (sulfide) groups is 1. The molecule has 6 atom stereocenters. The van der Waals surface area contributed by atoms with Crippen LogP contribution in [0.15, 0.2) is 22.4 Å². The van der Waals surface area contributed by atoms with Gasteiger partial charge in [0.2, 0.25) is 11.8 Å². The zero-order chi connectivity index (χ0) is 22.4. The van der Waals surface area contributed by atoms with Crippen LogP contribution in [0.1, 0.15) is 39.5 Å². The molecule has 4 aliphatic rings. The van der Waals surface area contributed by atoms with Crippen molar-refractivity contribution in [2.24, 2.45) is 11.8 Å². The van der Waals surface area contributed by atoms with Gasteiger partial charge in [-0.15, -0.1) is 11.8 Å². The lowest BCUT2D eigenvalue weighted by Gasteiger charge is -2.46. The minimum absolute atomic E-state index is 0.00294. The lowest BCUT2D eigenvalue weighted by Crippen LogP contribution is -2.63. The number of carboxylic acid groups (broad SMARTS) is 1. The third kappa shape index (κ3) is 3.92. The standard InChI is InChI=1S/C21H27N3O6S/c1-9-16-15(10(2)25)20(28)24(16)17(21(29)30)18(9)31-13-7-14(22-8-13)19(27)23-11-4-3-5-12(26)6-11/h6,9-10,13-16,22,25H,3-5,7-8H2,1-2H3,(H,23,27)(H,29,30)/t9-,10-,13+,14+,15+,16+/m1/s1. The number of carboxylic acids is 1. The van der Waals surface area contributed by atoms with Crippen molar-refractivity contribution in [3.05, 3.63) is 22.4 Å². The number of nitrogens with zero attached hydrogens (tertiary/aromatic N) is 1. The molecular weight excluding hydrogens is 422 g/mol. The number of ketones is 1. The summed E-state index contributed by atoms with van der Waals surface area (Å²) in [7, 11) is 0. The number of aliphatic hydroxyl groups is 1. The van der Waals surface area contributed by atoms with Gasteiger partial charge in [0, 0.05) is 40.8 Å². The Kier molecular flexibility index (Phi) is 5.97. The summed E-state index contributed by atoms with van der Waals surface area (Å²) in [5.74, 6) is -2.45. The number of allylic oxidation sites excluding steroid dienone is 2. The van der Waals surface area contributed by atoms with Gasteiger partial charge in [-0.1, -0.05) is 6.92 Å². The first kappa shape index (κ1) is 22.0. The summed E-state index contributed by atoms with van der Waals surface area (Å²) >= 11 is 1.40. The normalized spacial score (nSPS) is 33.7. The predicted molar refractivity (Wildman–Crippen MR) is 113 cm³/mol. The topological polar surface area (TPSA) is 136 Å². The molecule has 0 spiro atoms. The fourth-order valence-corrected chi connectivity index (χ4v) is 6.47. The number of rotatable bonds is 6. The lowest BCUT2D eigenvalue weighted by molar-refractivity contribution is -0.163. The summed E-state index contributed by atoms with van der Waals surface area (Å²) < 4.78 is 0. The molecule has 2 fully saturated rings. The van der Waals surface area contributed by atoms with Crippen LogP contribution in [0, 0.1) is 11.8 Å². The molecule has 168 valence electrons. The van der Waals surface area contributed by atoms with E-state index in [0.29, 0.717) is 36.4 Å². The summed E-state index contributed by atoms with van der Waals surface area (Å²) in [5, 5.41) is 25.7. The monoisotopic (exact) mass is 449 g/mol. The van der Waals surface area contributed by atoms with E-state index in [1.807, 2.05) is 6.92 Å². The molecule has 0 saturated carbocycles. The molecule has 31 heavy (non-hydrogen) atoms. The molecule has 9 nitrogen and oxygen atoms in total. The number of aliphatic hydroxyl groups excluding tert-OH is 1. The Bertz CT molecular complexity index is 898. The van der Waals surface area contributed by atoms with Gasteiger partial charge in [-0.2, -0.15) is 0 Å². The van der Waals surface area contributed by atoms with Gasteiger partial charge >= 0.3 is 5.97 Å². The third-order valence-electron chi connectivity index (χ3n) is 6.50. The van der Waals surface area contributed by atoms with Crippen molar-refractivity contribution in [1.82, 2.24) is 15.5 Å². The highest BCUT2D eigenvalue weighted by atomic mass is 32.2. The Hall–Kier alpha value is -2.17. The number of fused-ring (bicyclic) bond motifs is 1. The first-order valence-corrected chi connectivity index (χ1v) is 11.5. The largest absolute Gasteiger partial charge is 0.477 e. The van der Waals surface area contributed by atoms with E-state index in [4.69, 9.17) is 0 Å². The summed E-state index contributed by atoms with van der Waals surface area (Å²) in [5.41, 5.74) is 0.648. The van der Waals surface area contributed by atoms with E-state index in [-0.39, 0.29) is 40.5 Å². The Morgan fingerprint density at radius 3 is 2.71 bits per heavy atom. The molecule has 2 amide bonds. The fraction of sp³-hybridized carbons (Fsp3) is 0.619. The molecule has 0 aromatic carbocycles. The third-order valence-corrected chi connectivity index (χ3v) is 8.01. The Balaban J connectivity index is 1.42. The average Bonchev–Trinajstić information content (AvgIpc) is 3.24. The zero-order valence-corrected chi connectivity index (χ0v) is 18.3. The maximum atomic E-state index is 12.6. The van der Waals surface area contributed by atoms with E-state index in [1.54, 1.807) is 6.92 Å². The SMILES string of the molecule is C[C@@H](O)[C@@H]1C(=O)N2C(C(=O)O)=C(S[C@@H]3CN[C@H](C(=O)NC4=CC(=O)CCC4)C3)[C@H](C)[C@@H]12. The van der Waals surface area contributed by atoms with Crippen LogP contribution in [0.2, 0.25) is 0 Å². The van der Waals surface area contributed by atoms with Gasteiger partial charge in [-0.05, 0) is 26.2 Å². The van der Waals surface area contributed by atoms with Gasteiger partial charge in [0.1, 0.15) is 5.70 Å². The van der Waals surface area contributed by atoms with E-state index in [1.165, 1.54) is 22.7 Å². The molecular formula is C21H27N3O6S. The molecule has 10 heteroatoms. The maximum absolute atomic E-state index is 12.6. The average molecular weight is 450 g/mol. The van der Waals surface area contributed by atoms with Crippen LogP contribution in [0.25, 0.3) is 0 Å². The number of β-lactam (4-membered cyclic amide) rings is 1.